The Bertz CT molecular complexity index is 1150. The van der Waals surface area contributed by atoms with Crippen LogP contribution in [0.3, 0.4) is 0 Å². The van der Waals surface area contributed by atoms with E-state index in [9.17, 15) is 4.39 Å². The zero-order valence-electron chi connectivity index (χ0n) is 14.6. The maximum atomic E-state index is 14.2. The molecule has 0 radical (unpaired) electrons. The number of fused-ring (bicyclic) bond motifs is 3. The number of benzene rings is 1. The summed E-state index contributed by atoms with van der Waals surface area (Å²) < 4.78 is 21.5. The van der Waals surface area contributed by atoms with Gasteiger partial charge in [-0.05, 0) is 27.7 Å². The highest BCUT2D eigenvalue weighted by Gasteiger charge is 2.21. The predicted molar refractivity (Wildman–Crippen MR) is 97.1 cm³/mol. The molecule has 0 saturated carbocycles. The number of thiazole rings is 1. The third-order valence-electron chi connectivity index (χ3n) is 4.26. The molecule has 25 heavy (non-hydrogen) atoms. The Balaban J connectivity index is 2.24. The standard InChI is InChI=1S/C18H17FN4OS/c1-8-16-9(2)22-18(17-10(3)20-11(4)25-17)23(16)13-6-12(19)7-14(24-5)15(13)21-8/h6-7H,1-5H3. The fourth-order valence-corrected chi connectivity index (χ4v) is 4.20. The Morgan fingerprint density at radius 1 is 1.00 bits per heavy atom. The molecule has 0 bridgehead atoms. The summed E-state index contributed by atoms with van der Waals surface area (Å²) in [7, 11) is 1.52. The zero-order valence-corrected chi connectivity index (χ0v) is 15.5. The number of hydrogen-bond acceptors (Lipinski definition) is 5. The minimum atomic E-state index is -0.370. The minimum Gasteiger partial charge on any atom is -0.494 e. The van der Waals surface area contributed by atoms with Gasteiger partial charge in [0.2, 0.25) is 0 Å². The summed E-state index contributed by atoms with van der Waals surface area (Å²) >= 11 is 1.58. The van der Waals surface area contributed by atoms with Crippen LogP contribution in [-0.4, -0.2) is 26.5 Å². The Kier molecular flexibility index (Phi) is 3.50. The Hall–Kier alpha value is -2.54. The maximum Gasteiger partial charge on any atom is 0.157 e. The van der Waals surface area contributed by atoms with Gasteiger partial charge in [-0.1, -0.05) is 0 Å². The highest BCUT2D eigenvalue weighted by molar-refractivity contribution is 7.15. The van der Waals surface area contributed by atoms with Crippen LogP contribution < -0.4 is 4.74 Å². The molecule has 0 aliphatic carbocycles. The van der Waals surface area contributed by atoms with Gasteiger partial charge >= 0.3 is 0 Å². The molecule has 0 saturated heterocycles. The Morgan fingerprint density at radius 3 is 2.36 bits per heavy atom. The largest absolute Gasteiger partial charge is 0.494 e. The van der Waals surface area contributed by atoms with Crippen molar-refractivity contribution in [2.24, 2.45) is 0 Å². The lowest BCUT2D eigenvalue weighted by Crippen LogP contribution is -2.00. The van der Waals surface area contributed by atoms with Gasteiger partial charge in [0, 0.05) is 12.1 Å². The molecule has 0 N–H and O–H groups in total. The molecule has 128 valence electrons. The SMILES string of the molecule is COc1cc(F)cc2c1nc(C)c1c(C)nc(-c3sc(C)nc3C)n12. The zero-order chi connectivity index (χ0) is 17.9. The third-order valence-corrected chi connectivity index (χ3v) is 5.33. The van der Waals surface area contributed by atoms with Crippen molar-refractivity contribution in [2.45, 2.75) is 27.7 Å². The summed E-state index contributed by atoms with van der Waals surface area (Å²) in [5.41, 5.74) is 4.74. The van der Waals surface area contributed by atoms with E-state index in [1.807, 2.05) is 32.1 Å². The summed E-state index contributed by atoms with van der Waals surface area (Å²) in [5, 5.41) is 0.973. The fourth-order valence-electron chi connectivity index (χ4n) is 3.30. The van der Waals surface area contributed by atoms with E-state index in [-0.39, 0.29) is 5.82 Å². The van der Waals surface area contributed by atoms with Crippen molar-refractivity contribution >= 4 is 27.9 Å². The molecule has 3 aromatic heterocycles. The second kappa shape index (κ2) is 5.49. The molecule has 0 spiro atoms. The number of halogens is 1. The molecule has 3 heterocycles. The number of imidazole rings is 1. The molecule has 0 amide bonds. The van der Waals surface area contributed by atoms with Gasteiger partial charge < -0.3 is 4.74 Å². The molecule has 7 heteroatoms. The minimum absolute atomic E-state index is 0.370. The lowest BCUT2D eigenvalue weighted by molar-refractivity contribution is 0.415. The first-order chi connectivity index (χ1) is 11.9. The van der Waals surface area contributed by atoms with Gasteiger partial charge in [0.15, 0.2) is 5.82 Å². The van der Waals surface area contributed by atoms with E-state index >= 15 is 0 Å². The van der Waals surface area contributed by atoms with Crippen LogP contribution in [0, 0.1) is 33.5 Å². The second-order valence-corrected chi connectivity index (χ2v) is 7.23. The van der Waals surface area contributed by atoms with Gasteiger partial charge in [-0.3, -0.25) is 4.40 Å². The molecule has 1 aromatic carbocycles. The monoisotopic (exact) mass is 356 g/mol. The first-order valence-corrected chi connectivity index (χ1v) is 8.69. The average molecular weight is 356 g/mol. The first-order valence-electron chi connectivity index (χ1n) is 7.88. The van der Waals surface area contributed by atoms with E-state index in [2.05, 4.69) is 9.97 Å². The molecular weight excluding hydrogens is 339 g/mol. The quantitative estimate of drug-likeness (QED) is 0.535. The molecule has 5 nitrogen and oxygen atoms in total. The van der Waals surface area contributed by atoms with Gasteiger partial charge in [0.05, 0.1) is 45.1 Å². The number of ether oxygens (including phenoxy) is 1. The van der Waals surface area contributed by atoms with E-state index in [1.54, 1.807) is 11.3 Å². The van der Waals surface area contributed by atoms with Crippen molar-refractivity contribution in [3.05, 3.63) is 40.0 Å². The molecule has 4 aromatic rings. The number of rotatable bonds is 2. The van der Waals surface area contributed by atoms with Crippen LogP contribution in [0.5, 0.6) is 5.75 Å². The van der Waals surface area contributed by atoms with Crippen LogP contribution in [0.15, 0.2) is 12.1 Å². The van der Waals surface area contributed by atoms with Gasteiger partial charge in [0.25, 0.3) is 0 Å². The summed E-state index contributed by atoms with van der Waals surface area (Å²) in [5.74, 6) is 0.805. The van der Waals surface area contributed by atoms with Crippen LogP contribution in [-0.2, 0) is 0 Å². The van der Waals surface area contributed by atoms with Crippen molar-refractivity contribution in [1.82, 2.24) is 19.4 Å². The van der Waals surface area contributed by atoms with Crippen LogP contribution in [0.25, 0.3) is 27.3 Å². The molecule has 0 unspecified atom stereocenters. The van der Waals surface area contributed by atoms with E-state index in [1.165, 1.54) is 19.2 Å². The van der Waals surface area contributed by atoms with Gasteiger partial charge in [-0.25, -0.2) is 19.3 Å². The fraction of sp³-hybridized carbons (Fsp3) is 0.278. The summed E-state index contributed by atoms with van der Waals surface area (Å²) in [6, 6.07) is 2.83. The van der Waals surface area contributed by atoms with E-state index in [4.69, 9.17) is 9.72 Å². The van der Waals surface area contributed by atoms with E-state index in [0.29, 0.717) is 16.8 Å². The number of aromatic nitrogens is 4. The number of hydrogen-bond donors (Lipinski definition) is 0. The van der Waals surface area contributed by atoms with Crippen molar-refractivity contribution in [2.75, 3.05) is 7.11 Å². The number of nitrogens with zero attached hydrogens (tertiary/aromatic N) is 4. The molecule has 0 fully saturated rings. The highest BCUT2D eigenvalue weighted by atomic mass is 32.1. The van der Waals surface area contributed by atoms with Crippen molar-refractivity contribution in [3.63, 3.8) is 0 Å². The average Bonchev–Trinajstić information content (AvgIpc) is 3.07. The Morgan fingerprint density at radius 2 is 1.72 bits per heavy atom. The van der Waals surface area contributed by atoms with Crippen LogP contribution in [0.4, 0.5) is 4.39 Å². The van der Waals surface area contributed by atoms with E-state index < -0.39 is 0 Å². The molecule has 0 aliphatic rings. The topological polar surface area (TPSA) is 52.3 Å². The molecule has 0 atom stereocenters. The van der Waals surface area contributed by atoms with Gasteiger partial charge in [-0.15, -0.1) is 11.3 Å². The number of methoxy groups -OCH3 is 1. The second-order valence-electron chi connectivity index (χ2n) is 6.03. The lowest BCUT2D eigenvalue weighted by atomic mass is 10.2. The molecular formula is C18H17FN4OS. The van der Waals surface area contributed by atoms with Gasteiger partial charge in [0.1, 0.15) is 17.1 Å². The molecule has 0 aliphatic heterocycles. The van der Waals surface area contributed by atoms with Crippen LogP contribution >= 0.6 is 11.3 Å². The van der Waals surface area contributed by atoms with Crippen molar-refractivity contribution < 1.29 is 9.13 Å². The van der Waals surface area contributed by atoms with Crippen molar-refractivity contribution in [1.29, 1.82) is 0 Å². The predicted octanol–water partition coefficient (Wildman–Crippen LogP) is 4.39. The summed E-state index contributed by atoms with van der Waals surface area (Å²) in [6.45, 7) is 7.81. The van der Waals surface area contributed by atoms with Crippen LogP contribution in [0.1, 0.15) is 22.1 Å². The third kappa shape index (κ3) is 2.30. The first kappa shape index (κ1) is 16.0. The highest BCUT2D eigenvalue weighted by Crippen LogP contribution is 2.35. The van der Waals surface area contributed by atoms with Crippen LogP contribution in [0.2, 0.25) is 0 Å². The lowest BCUT2D eigenvalue weighted by Gasteiger charge is -2.11. The summed E-state index contributed by atoms with van der Waals surface area (Å²) in [6.07, 6.45) is 0. The smallest absolute Gasteiger partial charge is 0.157 e. The molecule has 4 rings (SSSR count). The normalized spacial score (nSPS) is 11.6. The maximum absolute atomic E-state index is 14.2. The summed E-state index contributed by atoms with van der Waals surface area (Å²) in [4.78, 5) is 14.9. The Labute approximate surface area is 148 Å². The van der Waals surface area contributed by atoms with E-state index in [0.717, 1.165) is 38.3 Å². The van der Waals surface area contributed by atoms with Gasteiger partial charge in [-0.2, -0.15) is 0 Å². The van der Waals surface area contributed by atoms with Crippen molar-refractivity contribution in [3.8, 4) is 16.5 Å². The number of aryl methyl sites for hydroxylation is 4.